The summed E-state index contributed by atoms with van der Waals surface area (Å²) in [7, 11) is 0. The molecular formula is C16H13NOS2. The highest BCUT2D eigenvalue weighted by Gasteiger charge is 2.13. The highest BCUT2D eigenvalue weighted by atomic mass is 32.1. The summed E-state index contributed by atoms with van der Waals surface area (Å²) in [6.45, 7) is 1.95. The SMILES string of the molecule is Cc1ccsc1C(=O)Nc1ccccc1-c1cccs1. The fourth-order valence-electron chi connectivity index (χ4n) is 2.02. The van der Waals surface area contributed by atoms with Crippen molar-refractivity contribution in [1.82, 2.24) is 0 Å². The number of benzene rings is 1. The molecular weight excluding hydrogens is 286 g/mol. The highest BCUT2D eigenvalue weighted by Crippen LogP contribution is 2.32. The number of carbonyl (C=O) groups is 1. The molecule has 0 unspecified atom stereocenters. The summed E-state index contributed by atoms with van der Waals surface area (Å²) in [6, 6.07) is 13.9. The first-order chi connectivity index (χ1) is 9.75. The van der Waals surface area contributed by atoms with Crippen molar-refractivity contribution < 1.29 is 4.79 Å². The van der Waals surface area contributed by atoms with E-state index in [1.807, 2.05) is 54.1 Å². The van der Waals surface area contributed by atoms with Crippen LogP contribution in [0.25, 0.3) is 10.4 Å². The minimum atomic E-state index is -0.0403. The number of anilines is 1. The van der Waals surface area contributed by atoms with Gasteiger partial charge in [0.1, 0.15) is 0 Å². The number of thiophene rings is 2. The van der Waals surface area contributed by atoms with E-state index in [2.05, 4.69) is 11.4 Å². The second-order valence-electron chi connectivity index (χ2n) is 4.41. The van der Waals surface area contributed by atoms with Crippen LogP contribution in [0.15, 0.2) is 53.2 Å². The summed E-state index contributed by atoms with van der Waals surface area (Å²) in [5, 5.41) is 7.00. The van der Waals surface area contributed by atoms with Crippen LogP contribution in [0.5, 0.6) is 0 Å². The van der Waals surface area contributed by atoms with Crippen molar-refractivity contribution in [3.63, 3.8) is 0 Å². The molecule has 0 radical (unpaired) electrons. The third kappa shape index (κ3) is 2.53. The van der Waals surface area contributed by atoms with Crippen LogP contribution >= 0.6 is 22.7 Å². The molecule has 2 aromatic heterocycles. The third-order valence-corrected chi connectivity index (χ3v) is 4.95. The van der Waals surface area contributed by atoms with Gasteiger partial charge in [-0.3, -0.25) is 4.79 Å². The number of hydrogen-bond acceptors (Lipinski definition) is 3. The zero-order chi connectivity index (χ0) is 13.9. The Morgan fingerprint density at radius 3 is 2.55 bits per heavy atom. The Kier molecular flexibility index (Phi) is 3.67. The molecule has 0 bridgehead atoms. The van der Waals surface area contributed by atoms with Gasteiger partial charge in [0.2, 0.25) is 0 Å². The molecule has 0 aliphatic heterocycles. The number of carbonyl (C=O) groups excluding carboxylic acids is 1. The Morgan fingerprint density at radius 1 is 1.00 bits per heavy atom. The minimum absolute atomic E-state index is 0.0403. The zero-order valence-electron chi connectivity index (χ0n) is 10.9. The maximum Gasteiger partial charge on any atom is 0.266 e. The van der Waals surface area contributed by atoms with Gasteiger partial charge in [-0.25, -0.2) is 0 Å². The largest absolute Gasteiger partial charge is 0.321 e. The second kappa shape index (κ2) is 5.61. The summed E-state index contributed by atoms with van der Waals surface area (Å²) >= 11 is 3.14. The lowest BCUT2D eigenvalue weighted by atomic mass is 10.1. The molecule has 0 atom stereocenters. The van der Waals surface area contributed by atoms with Crippen molar-refractivity contribution in [2.75, 3.05) is 5.32 Å². The van der Waals surface area contributed by atoms with E-state index in [-0.39, 0.29) is 5.91 Å². The fraction of sp³-hybridized carbons (Fsp3) is 0.0625. The van der Waals surface area contributed by atoms with Crippen LogP contribution in [0, 0.1) is 6.92 Å². The molecule has 0 saturated heterocycles. The Hall–Kier alpha value is -1.91. The van der Waals surface area contributed by atoms with Crippen LogP contribution in [0.3, 0.4) is 0 Å². The average Bonchev–Trinajstić information content (AvgIpc) is 3.10. The standard InChI is InChI=1S/C16H13NOS2/c1-11-8-10-20-15(11)16(18)17-13-6-3-2-5-12(13)14-7-4-9-19-14/h2-10H,1H3,(H,17,18). The average molecular weight is 299 g/mol. The van der Waals surface area contributed by atoms with Crippen LogP contribution in [-0.2, 0) is 0 Å². The lowest BCUT2D eigenvalue weighted by Gasteiger charge is -2.09. The Balaban J connectivity index is 1.92. The highest BCUT2D eigenvalue weighted by molar-refractivity contribution is 7.13. The maximum atomic E-state index is 12.3. The number of amides is 1. The topological polar surface area (TPSA) is 29.1 Å². The predicted octanol–water partition coefficient (Wildman–Crippen LogP) is 5.04. The predicted molar refractivity (Wildman–Crippen MR) is 86.8 cm³/mol. The van der Waals surface area contributed by atoms with Crippen LogP contribution in [0.1, 0.15) is 15.2 Å². The number of aryl methyl sites for hydroxylation is 1. The van der Waals surface area contributed by atoms with E-state index in [9.17, 15) is 4.79 Å². The van der Waals surface area contributed by atoms with Gasteiger partial charge in [-0.1, -0.05) is 24.3 Å². The molecule has 0 saturated carbocycles. The quantitative estimate of drug-likeness (QED) is 0.721. The van der Waals surface area contributed by atoms with E-state index in [1.165, 1.54) is 11.3 Å². The summed E-state index contributed by atoms with van der Waals surface area (Å²) in [5.74, 6) is -0.0403. The van der Waals surface area contributed by atoms with Crippen LogP contribution < -0.4 is 5.32 Å². The normalized spacial score (nSPS) is 10.4. The van der Waals surface area contributed by atoms with Gasteiger partial charge in [0.05, 0.1) is 4.88 Å². The van der Waals surface area contributed by atoms with E-state index < -0.39 is 0 Å². The Labute approximate surface area is 125 Å². The molecule has 0 fully saturated rings. The van der Waals surface area contributed by atoms with Gasteiger partial charge in [-0.15, -0.1) is 22.7 Å². The van der Waals surface area contributed by atoms with Gasteiger partial charge in [0, 0.05) is 16.1 Å². The Morgan fingerprint density at radius 2 is 1.85 bits per heavy atom. The van der Waals surface area contributed by atoms with Gasteiger partial charge >= 0.3 is 0 Å². The molecule has 100 valence electrons. The first-order valence-corrected chi connectivity index (χ1v) is 8.00. The molecule has 3 aromatic rings. The lowest BCUT2D eigenvalue weighted by molar-refractivity contribution is 0.103. The van der Waals surface area contributed by atoms with Gasteiger partial charge < -0.3 is 5.32 Å². The van der Waals surface area contributed by atoms with Crippen molar-refractivity contribution in [1.29, 1.82) is 0 Å². The molecule has 2 nitrogen and oxygen atoms in total. The smallest absolute Gasteiger partial charge is 0.266 e. The van der Waals surface area contributed by atoms with E-state index in [4.69, 9.17) is 0 Å². The molecule has 20 heavy (non-hydrogen) atoms. The minimum Gasteiger partial charge on any atom is -0.321 e. The van der Waals surface area contributed by atoms with E-state index in [1.54, 1.807) is 11.3 Å². The van der Waals surface area contributed by atoms with Crippen molar-refractivity contribution in [2.45, 2.75) is 6.92 Å². The first kappa shape index (κ1) is 13.1. The first-order valence-electron chi connectivity index (χ1n) is 6.24. The fourth-order valence-corrected chi connectivity index (χ4v) is 3.61. The summed E-state index contributed by atoms with van der Waals surface area (Å²) in [6.07, 6.45) is 0. The lowest BCUT2D eigenvalue weighted by Crippen LogP contribution is -2.11. The maximum absolute atomic E-state index is 12.3. The molecule has 2 heterocycles. The summed E-state index contributed by atoms with van der Waals surface area (Å²) in [4.78, 5) is 14.2. The molecule has 1 aromatic carbocycles. The van der Waals surface area contributed by atoms with Crippen LogP contribution in [0.2, 0.25) is 0 Å². The summed E-state index contributed by atoms with van der Waals surface area (Å²) in [5.41, 5.74) is 2.93. The van der Waals surface area contributed by atoms with E-state index in [0.717, 1.165) is 26.6 Å². The van der Waals surface area contributed by atoms with Gasteiger partial charge in [0.15, 0.2) is 0 Å². The summed E-state index contributed by atoms with van der Waals surface area (Å²) < 4.78 is 0. The molecule has 1 N–H and O–H groups in total. The van der Waals surface area contributed by atoms with Gasteiger partial charge in [-0.05, 0) is 41.4 Å². The number of rotatable bonds is 3. The molecule has 0 aliphatic carbocycles. The van der Waals surface area contributed by atoms with Crippen LogP contribution in [0.4, 0.5) is 5.69 Å². The van der Waals surface area contributed by atoms with Crippen molar-refractivity contribution in [3.05, 3.63) is 63.7 Å². The molecule has 1 amide bonds. The zero-order valence-corrected chi connectivity index (χ0v) is 12.6. The van der Waals surface area contributed by atoms with Gasteiger partial charge in [0.25, 0.3) is 5.91 Å². The monoisotopic (exact) mass is 299 g/mol. The molecule has 3 rings (SSSR count). The second-order valence-corrected chi connectivity index (χ2v) is 6.27. The number of nitrogens with one attached hydrogen (secondary N) is 1. The van der Waals surface area contributed by atoms with Crippen molar-refractivity contribution >= 4 is 34.3 Å². The van der Waals surface area contributed by atoms with Crippen LogP contribution in [-0.4, -0.2) is 5.91 Å². The van der Waals surface area contributed by atoms with Crippen molar-refractivity contribution in [2.24, 2.45) is 0 Å². The van der Waals surface area contributed by atoms with Gasteiger partial charge in [-0.2, -0.15) is 0 Å². The van der Waals surface area contributed by atoms with E-state index >= 15 is 0 Å². The third-order valence-electron chi connectivity index (χ3n) is 3.03. The molecule has 0 aliphatic rings. The van der Waals surface area contributed by atoms with Crippen molar-refractivity contribution in [3.8, 4) is 10.4 Å². The molecule has 0 spiro atoms. The van der Waals surface area contributed by atoms with E-state index in [0.29, 0.717) is 0 Å². The Bertz CT molecular complexity index is 729. The number of hydrogen-bond donors (Lipinski definition) is 1. The number of para-hydroxylation sites is 1. The molecule has 4 heteroatoms.